The van der Waals surface area contributed by atoms with E-state index in [9.17, 15) is 19.7 Å². The van der Waals surface area contributed by atoms with Crippen molar-refractivity contribution in [2.75, 3.05) is 0 Å². The summed E-state index contributed by atoms with van der Waals surface area (Å²) in [4.78, 5) is 36.9. The van der Waals surface area contributed by atoms with Gasteiger partial charge in [-0.25, -0.2) is 0 Å². The van der Waals surface area contributed by atoms with Crippen LogP contribution in [0.25, 0.3) is 11.1 Å². The molecule has 3 aliphatic rings. The van der Waals surface area contributed by atoms with Crippen LogP contribution < -0.4 is 0 Å². The average molecular weight is 454 g/mol. The first-order valence-electron chi connectivity index (χ1n) is 11.1. The van der Waals surface area contributed by atoms with Crippen molar-refractivity contribution in [3.8, 4) is 11.1 Å². The van der Waals surface area contributed by atoms with Gasteiger partial charge >= 0.3 is 5.97 Å². The van der Waals surface area contributed by atoms with E-state index in [1.807, 2.05) is 13.0 Å². The molecule has 2 aliphatic carbocycles. The number of ketones is 1. The molecular weight excluding hydrogens is 430 g/mol. The molecule has 1 saturated heterocycles. The Hall–Kier alpha value is -2.73. The van der Waals surface area contributed by atoms with Gasteiger partial charge in [-0.05, 0) is 79.0 Å². The monoisotopic (exact) mass is 453 g/mol. The molecule has 1 spiro atoms. The number of ether oxygens (including phenoxy) is 1. The Labute approximate surface area is 191 Å². The van der Waals surface area contributed by atoms with Crippen molar-refractivity contribution in [1.29, 1.82) is 0 Å². The summed E-state index contributed by atoms with van der Waals surface area (Å²) in [6, 6.07) is 9.65. The second-order valence-electron chi connectivity index (χ2n) is 9.40. The van der Waals surface area contributed by atoms with Gasteiger partial charge in [0.05, 0.1) is 4.92 Å². The zero-order valence-electron chi connectivity index (χ0n) is 17.8. The summed E-state index contributed by atoms with van der Waals surface area (Å²) >= 11 is 6.57. The molecule has 2 aromatic rings. The lowest BCUT2D eigenvalue weighted by molar-refractivity contribution is -0.384. The SMILES string of the molecule is Cc1cc(-c2ccc([N+](=O)[O-])cc2)c(Cl)cc1C1C(=O)OC2(CCC3CCCC3C2)C1=O. The van der Waals surface area contributed by atoms with E-state index in [1.54, 1.807) is 18.2 Å². The van der Waals surface area contributed by atoms with Gasteiger partial charge in [0.1, 0.15) is 5.92 Å². The second kappa shape index (κ2) is 7.69. The van der Waals surface area contributed by atoms with Crippen LogP contribution in [0.5, 0.6) is 0 Å². The molecule has 0 amide bonds. The number of fused-ring (bicyclic) bond motifs is 1. The molecule has 6 nitrogen and oxygen atoms in total. The number of hydrogen-bond donors (Lipinski definition) is 0. The Bertz CT molecular complexity index is 1130. The molecule has 2 saturated carbocycles. The van der Waals surface area contributed by atoms with Crippen LogP contribution in [-0.4, -0.2) is 22.3 Å². The summed E-state index contributed by atoms with van der Waals surface area (Å²) < 4.78 is 5.83. The summed E-state index contributed by atoms with van der Waals surface area (Å²) in [6.45, 7) is 1.85. The highest BCUT2D eigenvalue weighted by molar-refractivity contribution is 6.33. The maximum Gasteiger partial charge on any atom is 0.322 e. The van der Waals surface area contributed by atoms with Gasteiger partial charge in [0.15, 0.2) is 11.4 Å². The average Bonchev–Trinajstić information content (AvgIpc) is 3.32. The molecule has 3 fully saturated rings. The molecule has 1 aliphatic heterocycles. The van der Waals surface area contributed by atoms with Crippen LogP contribution in [-0.2, 0) is 14.3 Å². The standard InChI is InChI=1S/C25H24ClNO5/c1-14-11-20(16-5-7-18(8-6-16)27(30)31)21(26)12-19(14)22-23(28)25(32-24(22)29)10-9-15-3-2-4-17(15)13-25/h5-8,11-12,15,17,22H,2-4,9-10,13H2,1H3. The molecule has 166 valence electrons. The molecule has 1 heterocycles. The third-order valence-corrected chi connectivity index (χ3v) is 7.94. The Morgan fingerprint density at radius 1 is 1.09 bits per heavy atom. The fraction of sp³-hybridized carbons (Fsp3) is 0.440. The number of non-ortho nitro benzene ring substituents is 1. The molecule has 0 aromatic heterocycles. The van der Waals surface area contributed by atoms with Crippen LogP contribution in [0.1, 0.15) is 55.6 Å². The van der Waals surface area contributed by atoms with Gasteiger partial charge in [-0.15, -0.1) is 0 Å². The van der Waals surface area contributed by atoms with Crippen LogP contribution >= 0.6 is 11.6 Å². The zero-order chi connectivity index (χ0) is 22.6. The van der Waals surface area contributed by atoms with Crippen LogP contribution in [0.4, 0.5) is 5.69 Å². The minimum absolute atomic E-state index is 0.000191. The van der Waals surface area contributed by atoms with E-state index in [0.29, 0.717) is 40.8 Å². The Balaban J connectivity index is 1.46. The van der Waals surface area contributed by atoms with Crippen molar-refractivity contribution < 1.29 is 19.2 Å². The number of Topliss-reactive ketones (excluding diaryl/α,β-unsaturated/α-hetero) is 1. The van der Waals surface area contributed by atoms with Crippen LogP contribution in [0.3, 0.4) is 0 Å². The van der Waals surface area contributed by atoms with Crippen LogP contribution in [0.2, 0.25) is 5.02 Å². The lowest BCUT2D eigenvalue weighted by atomic mass is 9.70. The molecular formula is C25H24ClNO5. The number of carbonyl (C=O) groups excluding carboxylic acids is 2. The number of nitro benzene ring substituents is 1. The molecule has 2 aromatic carbocycles. The molecule has 5 rings (SSSR count). The van der Waals surface area contributed by atoms with Gasteiger partial charge in [0.2, 0.25) is 0 Å². The molecule has 0 radical (unpaired) electrons. The summed E-state index contributed by atoms with van der Waals surface area (Å²) in [5.41, 5.74) is 1.79. The maximum atomic E-state index is 13.5. The first kappa shape index (κ1) is 21.1. The molecule has 0 N–H and O–H groups in total. The number of rotatable bonds is 3. The maximum absolute atomic E-state index is 13.5. The van der Waals surface area contributed by atoms with E-state index in [1.165, 1.54) is 25.0 Å². The highest BCUT2D eigenvalue weighted by Crippen LogP contribution is 2.52. The molecule has 0 bridgehead atoms. The Morgan fingerprint density at radius 3 is 2.53 bits per heavy atom. The summed E-state index contributed by atoms with van der Waals surface area (Å²) in [6.07, 6.45) is 5.71. The van der Waals surface area contributed by atoms with Crippen molar-refractivity contribution in [2.45, 2.75) is 57.0 Å². The number of hydrogen-bond acceptors (Lipinski definition) is 5. The third kappa shape index (κ3) is 3.32. The highest BCUT2D eigenvalue weighted by Gasteiger charge is 2.59. The topological polar surface area (TPSA) is 86.5 Å². The van der Waals surface area contributed by atoms with Crippen molar-refractivity contribution in [1.82, 2.24) is 0 Å². The smallest absolute Gasteiger partial charge is 0.322 e. The van der Waals surface area contributed by atoms with Gasteiger partial charge in [-0.1, -0.05) is 30.9 Å². The van der Waals surface area contributed by atoms with E-state index in [2.05, 4.69) is 0 Å². The number of nitrogens with zero attached hydrogens (tertiary/aromatic N) is 1. The molecule has 7 heteroatoms. The summed E-state index contributed by atoms with van der Waals surface area (Å²) in [5, 5.41) is 11.3. The van der Waals surface area contributed by atoms with Gasteiger partial charge in [-0.2, -0.15) is 0 Å². The second-order valence-corrected chi connectivity index (χ2v) is 9.81. The number of aryl methyl sites for hydroxylation is 1. The largest absolute Gasteiger partial charge is 0.450 e. The quantitative estimate of drug-likeness (QED) is 0.255. The Morgan fingerprint density at radius 2 is 1.81 bits per heavy atom. The normalized spacial score (nSPS) is 29.2. The molecule has 4 unspecified atom stereocenters. The fourth-order valence-electron chi connectivity index (χ4n) is 5.95. The Kier molecular flexibility index (Phi) is 5.08. The van der Waals surface area contributed by atoms with Crippen molar-refractivity contribution in [2.24, 2.45) is 11.8 Å². The van der Waals surface area contributed by atoms with E-state index < -0.39 is 22.4 Å². The van der Waals surface area contributed by atoms with E-state index in [4.69, 9.17) is 16.3 Å². The first-order valence-corrected chi connectivity index (χ1v) is 11.5. The fourth-order valence-corrected chi connectivity index (χ4v) is 6.24. The van der Waals surface area contributed by atoms with Crippen LogP contribution in [0.15, 0.2) is 36.4 Å². The minimum Gasteiger partial charge on any atom is -0.450 e. The van der Waals surface area contributed by atoms with Gasteiger partial charge in [0.25, 0.3) is 5.69 Å². The van der Waals surface area contributed by atoms with Gasteiger partial charge < -0.3 is 4.74 Å². The number of halogens is 1. The van der Waals surface area contributed by atoms with E-state index in [0.717, 1.165) is 24.0 Å². The van der Waals surface area contributed by atoms with Crippen LogP contribution in [0, 0.1) is 28.9 Å². The highest BCUT2D eigenvalue weighted by atomic mass is 35.5. The number of benzene rings is 2. The lowest BCUT2D eigenvalue weighted by Gasteiger charge is -2.37. The number of carbonyl (C=O) groups is 2. The van der Waals surface area contributed by atoms with Gasteiger partial charge in [-0.3, -0.25) is 19.7 Å². The molecule has 32 heavy (non-hydrogen) atoms. The predicted molar refractivity (Wildman–Crippen MR) is 120 cm³/mol. The van der Waals surface area contributed by atoms with Crippen molar-refractivity contribution in [3.05, 3.63) is 62.7 Å². The minimum atomic E-state index is -0.983. The zero-order valence-corrected chi connectivity index (χ0v) is 18.6. The van der Waals surface area contributed by atoms with E-state index in [-0.39, 0.29) is 11.5 Å². The van der Waals surface area contributed by atoms with Crippen molar-refractivity contribution >= 4 is 29.0 Å². The third-order valence-electron chi connectivity index (χ3n) is 7.63. The van der Waals surface area contributed by atoms with Crippen molar-refractivity contribution in [3.63, 3.8) is 0 Å². The summed E-state index contributed by atoms with van der Waals surface area (Å²) in [7, 11) is 0. The first-order chi connectivity index (χ1) is 15.3. The lowest BCUT2D eigenvalue weighted by Crippen LogP contribution is -2.43. The van der Waals surface area contributed by atoms with Gasteiger partial charge in [0, 0.05) is 22.7 Å². The molecule has 4 atom stereocenters. The predicted octanol–water partition coefficient (Wildman–Crippen LogP) is 5.77. The number of nitro groups is 1. The van der Waals surface area contributed by atoms with E-state index >= 15 is 0 Å². The number of esters is 1. The summed E-state index contributed by atoms with van der Waals surface area (Å²) in [5.74, 6) is -0.433.